The van der Waals surface area contributed by atoms with E-state index in [1.54, 1.807) is 23.1 Å². The topological polar surface area (TPSA) is 88.1 Å². The van der Waals surface area contributed by atoms with Gasteiger partial charge in [-0.2, -0.15) is 0 Å². The van der Waals surface area contributed by atoms with Crippen LogP contribution < -0.4 is 10.1 Å². The van der Waals surface area contributed by atoms with Gasteiger partial charge in [-0.25, -0.2) is 4.79 Å². The van der Waals surface area contributed by atoms with Crippen LogP contribution in [0.4, 0.5) is 4.79 Å². The molecule has 2 amide bonds. The molecule has 1 saturated heterocycles. The lowest BCUT2D eigenvalue weighted by Gasteiger charge is -2.33. The molecule has 0 radical (unpaired) electrons. The first-order valence-corrected chi connectivity index (χ1v) is 11.0. The highest BCUT2D eigenvalue weighted by molar-refractivity contribution is 5.80. The number of nitrogens with one attached hydrogen (secondary N) is 1. The van der Waals surface area contributed by atoms with Crippen molar-refractivity contribution < 1.29 is 24.2 Å². The third kappa shape index (κ3) is 7.18. The number of phenolic OH excluding ortho intramolecular Hbond substituents is 1. The standard InChI is InChI=1S/C25H32N2O5/c1-25(2,3)32-24(30)26-20-10-7-13-27(16-20)23(29)15-19-14-21(28)11-12-22(19)31-17-18-8-5-4-6-9-18/h4-6,8-9,11-12,14,20,28H,7,10,13,15-17H2,1-3H3,(H,26,30)/t20-/m0/s1. The van der Waals surface area contributed by atoms with Gasteiger partial charge in [0.2, 0.25) is 5.91 Å². The second kappa shape index (κ2) is 10.4. The van der Waals surface area contributed by atoms with Gasteiger partial charge in [-0.3, -0.25) is 4.79 Å². The predicted octanol–water partition coefficient (Wildman–Crippen LogP) is 4.03. The van der Waals surface area contributed by atoms with Crippen LogP contribution >= 0.6 is 0 Å². The minimum absolute atomic E-state index is 0.0733. The van der Waals surface area contributed by atoms with Gasteiger partial charge in [-0.1, -0.05) is 30.3 Å². The van der Waals surface area contributed by atoms with Crippen molar-refractivity contribution in [2.75, 3.05) is 13.1 Å². The summed E-state index contributed by atoms with van der Waals surface area (Å²) in [5.41, 5.74) is 1.08. The van der Waals surface area contributed by atoms with Gasteiger partial charge in [-0.05, 0) is 57.4 Å². The Morgan fingerprint density at radius 2 is 1.91 bits per heavy atom. The number of ether oxygens (including phenoxy) is 2. The molecule has 0 aliphatic carbocycles. The number of alkyl carbamates (subject to hydrolysis) is 1. The Balaban J connectivity index is 1.61. The molecule has 3 rings (SSSR count). The highest BCUT2D eigenvalue weighted by Gasteiger charge is 2.27. The molecule has 0 spiro atoms. The number of phenols is 1. The Morgan fingerprint density at radius 1 is 1.16 bits per heavy atom. The molecule has 1 fully saturated rings. The Bertz CT molecular complexity index is 924. The van der Waals surface area contributed by atoms with E-state index in [0.717, 1.165) is 18.4 Å². The third-order valence-electron chi connectivity index (χ3n) is 5.12. The molecule has 1 aliphatic heterocycles. The van der Waals surface area contributed by atoms with E-state index in [0.29, 0.717) is 31.0 Å². The van der Waals surface area contributed by atoms with Crippen LogP contribution in [-0.4, -0.2) is 46.7 Å². The Morgan fingerprint density at radius 3 is 2.62 bits per heavy atom. The summed E-state index contributed by atoms with van der Waals surface area (Å²) in [5.74, 6) is 0.583. The molecule has 1 heterocycles. The first kappa shape index (κ1) is 23.4. The number of nitrogens with zero attached hydrogens (tertiary/aromatic N) is 1. The molecule has 2 aromatic rings. The maximum atomic E-state index is 13.0. The van der Waals surface area contributed by atoms with Gasteiger partial charge < -0.3 is 24.8 Å². The summed E-state index contributed by atoms with van der Waals surface area (Å²) in [6.07, 6.45) is 1.23. The Hall–Kier alpha value is -3.22. The molecule has 1 aliphatic rings. The van der Waals surface area contributed by atoms with Gasteiger partial charge >= 0.3 is 6.09 Å². The number of carbonyl (C=O) groups is 2. The summed E-state index contributed by atoms with van der Waals surface area (Å²) in [7, 11) is 0. The largest absolute Gasteiger partial charge is 0.508 e. The average Bonchev–Trinajstić information content (AvgIpc) is 2.72. The lowest BCUT2D eigenvalue weighted by atomic mass is 10.0. The third-order valence-corrected chi connectivity index (χ3v) is 5.12. The molecule has 7 nitrogen and oxygen atoms in total. The molecule has 172 valence electrons. The minimum Gasteiger partial charge on any atom is -0.508 e. The summed E-state index contributed by atoms with van der Waals surface area (Å²) in [5, 5.41) is 12.8. The number of hydrogen-bond donors (Lipinski definition) is 2. The molecule has 0 unspecified atom stereocenters. The van der Waals surface area contributed by atoms with Crippen LogP contribution in [0.2, 0.25) is 0 Å². The van der Waals surface area contributed by atoms with E-state index in [9.17, 15) is 14.7 Å². The molecule has 0 bridgehead atoms. The molecular weight excluding hydrogens is 408 g/mol. The number of benzene rings is 2. The van der Waals surface area contributed by atoms with E-state index in [1.165, 1.54) is 0 Å². The number of hydrogen-bond acceptors (Lipinski definition) is 5. The van der Waals surface area contributed by atoms with Crippen LogP contribution in [0.5, 0.6) is 11.5 Å². The molecule has 32 heavy (non-hydrogen) atoms. The normalized spacial score (nSPS) is 16.3. The van der Waals surface area contributed by atoms with Crippen molar-refractivity contribution in [3.05, 3.63) is 59.7 Å². The number of rotatable bonds is 6. The molecular formula is C25H32N2O5. The van der Waals surface area contributed by atoms with Gasteiger partial charge in [0.25, 0.3) is 0 Å². The van der Waals surface area contributed by atoms with E-state index in [1.807, 2.05) is 51.1 Å². The fourth-order valence-corrected chi connectivity index (χ4v) is 3.65. The zero-order valence-electron chi connectivity index (χ0n) is 19.0. The number of amides is 2. The first-order chi connectivity index (χ1) is 15.2. The number of piperidine rings is 1. The van der Waals surface area contributed by atoms with E-state index >= 15 is 0 Å². The zero-order chi connectivity index (χ0) is 23.1. The van der Waals surface area contributed by atoms with Crippen LogP contribution in [0, 0.1) is 0 Å². The van der Waals surface area contributed by atoms with Crippen molar-refractivity contribution in [3.8, 4) is 11.5 Å². The van der Waals surface area contributed by atoms with Gasteiger partial charge in [-0.15, -0.1) is 0 Å². The maximum Gasteiger partial charge on any atom is 0.407 e. The summed E-state index contributed by atoms with van der Waals surface area (Å²) >= 11 is 0. The van der Waals surface area contributed by atoms with Crippen molar-refractivity contribution >= 4 is 12.0 Å². The minimum atomic E-state index is -0.570. The van der Waals surface area contributed by atoms with E-state index in [-0.39, 0.29) is 24.1 Å². The first-order valence-electron chi connectivity index (χ1n) is 11.0. The van der Waals surface area contributed by atoms with Crippen molar-refractivity contribution in [1.29, 1.82) is 0 Å². The van der Waals surface area contributed by atoms with Crippen LogP contribution in [0.1, 0.15) is 44.7 Å². The number of likely N-dealkylation sites (tertiary alicyclic amines) is 1. The quantitative estimate of drug-likeness (QED) is 0.708. The van der Waals surface area contributed by atoms with Crippen molar-refractivity contribution in [2.45, 2.75) is 58.3 Å². The van der Waals surface area contributed by atoms with Crippen molar-refractivity contribution in [1.82, 2.24) is 10.2 Å². The summed E-state index contributed by atoms with van der Waals surface area (Å²) < 4.78 is 11.3. The molecule has 0 saturated carbocycles. The number of carbonyl (C=O) groups excluding carboxylic acids is 2. The molecule has 0 aromatic heterocycles. The maximum absolute atomic E-state index is 13.0. The Labute approximate surface area is 189 Å². The lowest BCUT2D eigenvalue weighted by Crippen LogP contribution is -2.50. The highest BCUT2D eigenvalue weighted by Crippen LogP contribution is 2.26. The summed E-state index contributed by atoms with van der Waals surface area (Å²) in [6.45, 7) is 6.88. The van der Waals surface area contributed by atoms with Crippen LogP contribution in [0.3, 0.4) is 0 Å². The van der Waals surface area contributed by atoms with Gasteiger partial charge in [0.15, 0.2) is 0 Å². The fraction of sp³-hybridized carbons (Fsp3) is 0.440. The van der Waals surface area contributed by atoms with Gasteiger partial charge in [0.1, 0.15) is 23.7 Å². The molecule has 1 atom stereocenters. The fourth-order valence-electron chi connectivity index (χ4n) is 3.65. The number of aromatic hydroxyl groups is 1. The van der Waals surface area contributed by atoms with Crippen LogP contribution in [0.15, 0.2) is 48.5 Å². The van der Waals surface area contributed by atoms with Gasteiger partial charge in [0.05, 0.1) is 6.42 Å². The Kier molecular flexibility index (Phi) is 7.62. The second-order valence-electron chi connectivity index (χ2n) is 9.07. The van der Waals surface area contributed by atoms with E-state index in [4.69, 9.17) is 9.47 Å². The van der Waals surface area contributed by atoms with E-state index in [2.05, 4.69) is 5.32 Å². The summed E-state index contributed by atoms with van der Waals surface area (Å²) in [6, 6.07) is 14.4. The van der Waals surface area contributed by atoms with Crippen LogP contribution in [0.25, 0.3) is 0 Å². The monoisotopic (exact) mass is 440 g/mol. The SMILES string of the molecule is CC(C)(C)OC(=O)N[C@H]1CCCN(C(=O)Cc2cc(O)ccc2OCc2ccccc2)C1. The molecule has 2 N–H and O–H groups in total. The van der Waals surface area contributed by atoms with Crippen LogP contribution in [-0.2, 0) is 22.6 Å². The average molecular weight is 441 g/mol. The molecule has 2 aromatic carbocycles. The molecule has 7 heteroatoms. The van der Waals surface area contributed by atoms with Crippen molar-refractivity contribution in [3.63, 3.8) is 0 Å². The summed E-state index contributed by atoms with van der Waals surface area (Å²) in [4.78, 5) is 26.8. The predicted molar refractivity (Wildman–Crippen MR) is 122 cm³/mol. The smallest absolute Gasteiger partial charge is 0.407 e. The lowest BCUT2D eigenvalue weighted by molar-refractivity contribution is -0.131. The zero-order valence-corrected chi connectivity index (χ0v) is 19.0. The van der Waals surface area contributed by atoms with E-state index < -0.39 is 11.7 Å². The van der Waals surface area contributed by atoms with Crippen molar-refractivity contribution in [2.24, 2.45) is 0 Å². The second-order valence-corrected chi connectivity index (χ2v) is 9.07. The van der Waals surface area contributed by atoms with Gasteiger partial charge in [0, 0.05) is 24.7 Å². The highest BCUT2D eigenvalue weighted by atomic mass is 16.6.